The van der Waals surface area contributed by atoms with E-state index in [-0.39, 0.29) is 17.9 Å². The predicted molar refractivity (Wildman–Crippen MR) is 48.2 cm³/mol. The maximum absolute atomic E-state index is 11.4. The van der Waals surface area contributed by atoms with Crippen molar-refractivity contribution in [2.45, 2.75) is 45.6 Å². The normalized spacial score (nSPS) is 28.3. The van der Waals surface area contributed by atoms with Crippen molar-refractivity contribution < 1.29 is 14.3 Å². The Morgan fingerprint density at radius 1 is 1.54 bits per heavy atom. The molecule has 1 saturated heterocycles. The Hall–Kier alpha value is -0.860. The van der Waals surface area contributed by atoms with Crippen molar-refractivity contribution >= 4 is 11.8 Å². The number of cyclic esters (lactones) is 1. The van der Waals surface area contributed by atoms with Gasteiger partial charge in [0.15, 0.2) is 0 Å². The van der Waals surface area contributed by atoms with Gasteiger partial charge in [0, 0.05) is 6.42 Å². The van der Waals surface area contributed by atoms with E-state index in [1.165, 1.54) is 0 Å². The van der Waals surface area contributed by atoms with Crippen LogP contribution < -0.4 is 0 Å². The maximum atomic E-state index is 11.4. The summed E-state index contributed by atoms with van der Waals surface area (Å²) >= 11 is 0. The molecule has 0 spiro atoms. The van der Waals surface area contributed by atoms with Crippen LogP contribution in [-0.2, 0) is 14.3 Å². The Morgan fingerprint density at radius 3 is 2.77 bits per heavy atom. The SMILES string of the molecule is CCCC(=O)C1CCC(C)OC1=O. The summed E-state index contributed by atoms with van der Waals surface area (Å²) in [5.41, 5.74) is 0. The second-order valence-electron chi connectivity index (χ2n) is 3.59. The molecule has 74 valence electrons. The number of ketones is 1. The summed E-state index contributed by atoms with van der Waals surface area (Å²) in [7, 11) is 0. The van der Waals surface area contributed by atoms with E-state index in [0.29, 0.717) is 12.8 Å². The van der Waals surface area contributed by atoms with Gasteiger partial charge in [-0.25, -0.2) is 0 Å². The third-order valence-corrected chi connectivity index (χ3v) is 2.35. The summed E-state index contributed by atoms with van der Waals surface area (Å²) in [4.78, 5) is 22.7. The quantitative estimate of drug-likeness (QED) is 0.495. The highest BCUT2D eigenvalue weighted by molar-refractivity contribution is 5.99. The number of rotatable bonds is 3. The number of carbonyl (C=O) groups is 2. The van der Waals surface area contributed by atoms with Crippen LogP contribution in [0, 0.1) is 5.92 Å². The van der Waals surface area contributed by atoms with Gasteiger partial charge in [0.2, 0.25) is 0 Å². The number of hydrogen-bond donors (Lipinski definition) is 0. The summed E-state index contributed by atoms with van der Waals surface area (Å²) in [6.45, 7) is 3.80. The lowest BCUT2D eigenvalue weighted by atomic mass is 9.92. The smallest absolute Gasteiger partial charge is 0.316 e. The lowest BCUT2D eigenvalue weighted by Gasteiger charge is -2.24. The highest BCUT2D eigenvalue weighted by Crippen LogP contribution is 2.22. The van der Waals surface area contributed by atoms with E-state index in [1.807, 2.05) is 13.8 Å². The minimum absolute atomic E-state index is 0.0156. The zero-order chi connectivity index (χ0) is 9.84. The molecule has 0 radical (unpaired) electrons. The van der Waals surface area contributed by atoms with Crippen LogP contribution in [0.1, 0.15) is 39.5 Å². The molecule has 2 atom stereocenters. The first-order chi connectivity index (χ1) is 6.15. The Labute approximate surface area is 78.5 Å². The molecular formula is C10H16O3. The van der Waals surface area contributed by atoms with Crippen LogP contribution in [0.3, 0.4) is 0 Å². The molecule has 1 aliphatic rings. The molecule has 0 bridgehead atoms. The van der Waals surface area contributed by atoms with Crippen LogP contribution in [0.15, 0.2) is 0 Å². The van der Waals surface area contributed by atoms with Gasteiger partial charge in [-0.2, -0.15) is 0 Å². The van der Waals surface area contributed by atoms with Gasteiger partial charge < -0.3 is 4.74 Å². The monoisotopic (exact) mass is 184 g/mol. The fourth-order valence-electron chi connectivity index (χ4n) is 1.57. The van der Waals surface area contributed by atoms with Gasteiger partial charge in [0.1, 0.15) is 11.7 Å². The van der Waals surface area contributed by atoms with Crippen LogP contribution in [0.4, 0.5) is 0 Å². The number of esters is 1. The lowest BCUT2D eigenvalue weighted by molar-refractivity contribution is -0.161. The highest BCUT2D eigenvalue weighted by Gasteiger charge is 2.32. The molecule has 0 amide bonds. The molecule has 2 unspecified atom stereocenters. The largest absolute Gasteiger partial charge is 0.462 e. The van der Waals surface area contributed by atoms with Gasteiger partial charge in [-0.1, -0.05) is 6.92 Å². The van der Waals surface area contributed by atoms with E-state index < -0.39 is 5.92 Å². The van der Waals surface area contributed by atoms with Crippen LogP contribution in [0.25, 0.3) is 0 Å². The van der Waals surface area contributed by atoms with Crippen molar-refractivity contribution in [3.63, 3.8) is 0 Å². The molecular weight excluding hydrogens is 168 g/mol. The van der Waals surface area contributed by atoms with E-state index in [9.17, 15) is 9.59 Å². The summed E-state index contributed by atoms with van der Waals surface area (Å²) in [5, 5.41) is 0. The molecule has 1 aliphatic heterocycles. The molecule has 13 heavy (non-hydrogen) atoms. The standard InChI is InChI=1S/C10H16O3/c1-3-4-9(11)8-6-5-7(2)13-10(8)12/h7-8H,3-6H2,1-2H3. The van der Waals surface area contributed by atoms with Gasteiger partial charge in [-0.3, -0.25) is 9.59 Å². The fraction of sp³-hybridized carbons (Fsp3) is 0.800. The first kappa shape index (κ1) is 10.2. The predicted octanol–water partition coefficient (Wildman–Crippen LogP) is 1.70. The topological polar surface area (TPSA) is 43.4 Å². The average molecular weight is 184 g/mol. The maximum Gasteiger partial charge on any atom is 0.316 e. The van der Waals surface area contributed by atoms with Crippen LogP contribution in [0.2, 0.25) is 0 Å². The van der Waals surface area contributed by atoms with Crippen LogP contribution in [0.5, 0.6) is 0 Å². The molecule has 3 nitrogen and oxygen atoms in total. The summed E-state index contributed by atoms with van der Waals surface area (Å²) < 4.78 is 5.01. The molecule has 0 aromatic rings. The number of ether oxygens (including phenoxy) is 1. The fourth-order valence-corrected chi connectivity index (χ4v) is 1.57. The zero-order valence-corrected chi connectivity index (χ0v) is 8.21. The molecule has 0 aliphatic carbocycles. The molecule has 1 fully saturated rings. The Balaban J connectivity index is 2.51. The summed E-state index contributed by atoms with van der Waals surface area (Å²) in [6.07, 6.45) is 2.76. The Morgan fingerprint density at radius 2 is 2.23 bits per heavy atom. The summed E-state index contributed by atoms with van der Waals surface area (Å²) in [5.74, 6) is -0.757. The van der Waals surface area contributed by atoms with Crippen LogP contribution >= 0.6 is 0 Å². The average Bonchev–Trinajstić information content (AvgIpc) is 2.04. The molecule has 1 rings (SSSR count). The second kappa shape index (κ2) is 4.40. The highest BCUT2D eigenvalue weighted by atomic mass is 16.5. The molecule has 0 aromatic heterocycles. The molecule has 1 heterocycles. The summed E-state index contributed by atoms with van der Waals surface area (Å²) in [6, 6.07) is 0. The van der Waals surface area contributed by atoms with Gasteiger partial charge in [0.25, 0.3) is 0 Å². The molecule has 3 heteroatoms. The van der Waals surface area contributed by atoms with Gasteiger partial charge in [0.05, 0.1) is 6.10 Å². The van der Waals surface area contributed by atoms with Crippen molar-refractivity contribution in [2.24, 2.45) is 5.92 Å². The van der Waals surface area contributed by atoms with E-state index in [1.54, 1.807) is 0 Å². The Kier molecular flexibility index (Phi) is 3.46. The van der Waals surface area contributed by atoms with Crippen molar-refractivity contribution in [1.29, 1.82) is 0 Å². The zero-order valence-electron chi connectivity index (χ0n) is 8.21. The second-order valence-corrected chi connectivity index (χ2v) is 3.59. The first-order valence-electron chi connectivity index (χ1n) is 4.88. The van der Waals surface area contributed by atoms with Crippen molar-refractivity contribution in [3.05, 3.63) is 0 Å². The van der Waals surface area contributed by atoms with Crippen LogP contribution in [-0.4, -0.2) is 17.9 Å². The molecule has 0 N–H and O–H groups in total. The van der Waals surface area contributed by atoms with E-state index in [0.717, 1.165) is 12.8 Å². The lowest BCUT2D eigenvalue weighted by Crippen LogP contribution is -2.34. The van der Waals surface area contributed by atoms with Crippen molar-refractivity contribution in [3.8, 4) is 0 Å². The van der Waals surface area contributed by atoms with Gasteiger partial charge in [-0.15, -0.1) is 0 Å². The first-order valence-corrected chi connectivity index (χ1v) is 4.88. The Bertz CT molecular complexity index is 202. The number of hydrogen-bond acceptors (Lipinski definition) is 3. The molecule has 0 saturated carbocycles. The minimum atomic E-state index is -0.476. The number of Topliss-reactive ketones (excluding diaryl/α,β-unsaturated/α-hetero) is 1. The van der Waals surface area contributed by atoms with Crippen molar-refractivity contribution in [2.75, 3.05) is 0 Å². The number of carbonyl (C=O) groups excluding carboxylic acids is 2. The van der Waals surface area contributed by atoms with Gasteiger partial charge >= 0.3 is 5.97 Å². The van der Waals surface area contributed by atoms with E-state index in [4.69, 9.17) is 4.74 Å². The van der Waals surface area contributed by atoms with Gasteiger partial charge in [-0.05, 0) is 26.2 Å². The van der Waals surface area contributed by atoms with E-state index >= 15 is 0 Å². The minimum Gasteiger partial charge on any atom is -0.462 e. The van der Waals surface area contributed by atoms with E-state index in [2.05, 4.69) is 0 Å². The van der Waals surface area contributed by atoms with Crippen molar-refractivity contribution in [1.82, 2.24) is 0 Å². The third kappa shape index (κ3) is 2.54. The third-order valence-electron chi connectivity index (χ3n) is 2.35. The molecule has 0 aromatic carbocycles.